The average molecular weight is 337 g/mol. The van der Waals surface area contributed by atoms with Gasteiger partial charge in [0.05, 0.1) is 0 Å². The zero-order valence-corrected chi connectivity index (χ0v) is 16.3. The van der Waals surface area contributed by atoms with Gasteiger partial charge in [-0.2, -0.15) is 0 Å². The molecule has 22 heavy (non-hydrogen) atoms. The van der Waals surface area contributed by atoms with E-state index in [4.69, 9.17) is 0 Å². The van der Waals surface area contributed by atoms with Crippen molar-refractivity contribution in [3.8, 4) is 0 Å². The Kier molecular flexibility index (Phi) is 18.1. The standard InChI is InChI=1S/2C9H12.CH4.2CH3.V/c2*1-7-4-8(2)6-9(3)5-7;;;;/h2*4-6H,1-3H3;1H4;2*1H3;/q;;;2*-1;+2. The normalized spacial score (nSPS) is 7.91. The fourth-order valence-electron chi connectivity index (χ4n) is 2.40. The minimum absolute atomic E-state index is 0. The Morgan fingerprint density at radius 3 is 0.591 bits per heavy atom. The van der Waals surface area contributed by atoms with E-state index in [0.717, 1.165) is 0 Å². The van der Waals surface area contributed by atoms with Crippen molar-refractivity contribution >= 4 is 0 Å². The average Bonchev–Trinajstić information content (AvgIpc) is 2.12. The van der Waals surface area contributed by atoms with Crippen LogP contribution in [0, 0.1) is 56.4 Å². The summed E-state index contributed by atoms with van der Waals surface area (Å²) in [5, 5.41) is 0. The number of rotatable bonds is 0. The first-order valence-electron chi connectivity index (χ1n) is 6.46. The molecule has 0 heterocycles. The van der Waals surface area contributed by atoms with Gasteiger partial charge in [0.15, 0.2) is 0 Å². The van der Waals surface area contributed by atoms with Gasteiger partial charge in [-0.1, -0.05) is 77.2 Å². The first-order valence-corrected chi connectivity index (χ1v) is 6.46. The Hall–Kier alpha value is -0.976. The molecule has 0 aromatic heterocycles. The minimum Gasteiger partial charge on any atom is -0.358 e. The SMILES string of the molecule is C.Cc1cc(C)cc(C)c1.Cc1cc(C)cc(C)c1.[CH3-].[CH3-].[V+2]. The summed E-state index contributed by atoms with van der Waals surface area (Å²) in [6.07, 6.45) is 0. The first-order chi connectivity index (χ1) is 8.36. The van der Waals surface area contributed by atoms with Gasteiger partial charge in [-0.25, -0.2) is 0 Å². The summed E-state index contributed by atoms with van der Waals surface area (Å²) in [4.78, 5) is 0. The number of hydrogen-bond donors (Lipinski definition) is 0. The van der Waals surface area contributed by atoms with Gasteiger partial charge in [0.2, 0.25) is 0 Å². The minimum atomic E-state index is 0. The van der Waals surface area contributed by atoms with Crippen LogP contribution in [0.3, 0.4) is 0 Å². The van der Waals surface area contributed by atoms with Gasteiger partial charge in [0, 0.05) is 0 Å². The van der Waals surface area contributed by atoms with Crippen molar-refractivity contribution in [2.45, 2.75) is 49.0 Å². The zero-order chi connectivity index (χ0) is 13.7. The molecule has 0 unspecified atom stereocenters. The van der Waals surface area contributed by atoms with E-state index in [1.54, 1.807) is 0 Å². The van der Waals surface area contributed by atoms with Crippen LogP contribution in [0.5, 0.6) is 0 Å². The summed E-state index contributed by atoms with van der Waals surface area (Å²) in [5.41, 5.74) is 8.13. The third-order valence-electron chi connectivity index (χ3n) is 2.73. The van der Waals surface area contributed by atoms with Crippen LogP contribution >= 0.6 is 0 Å². The van der Waals surface area contributed by atoms with Crippen LogP contribution in [-0.4, -0.2) is 0 Å². The monoisotopic (exact) mass is 337 g/mol. The first kappa shape index (κ1) is 29.1. The zero-order valence-electron chi connectivity index (χ0n) is 14.9. The maximum Gasteiger partial charge on any atom is 2.00 e. The largest absolute Gasteiger partial charge is 2.00 e. The van der Waals surface area contributed by atoms with Gasteiger partial charge >= 0.3 is 18.6 Å². The van der Waals surface area contributed by atoms with Crippen LogP contribution in [-0.2, 0) is 18.6 Å². The van der Waals surface area contributed by atoms with Crippen molar-refractivity contribution in [1.29, 1.82) is 0 Å². The molecule has 2 aromatic rings. The summed E-state index contributed by atoms with van der Waals surface area (Å²) in [7, 11) is 0. The second-order valence-corrected chi connectivity index (χ2v) is 5.33. The molecule has 0 aliphatic carbocycles. The summed E-state index contributed by atoms with van der Waals surface area (Å²) >= 11 is 0. The Balaban J connectivity index is -0.000000125. The third kappa shape index (κ3) is 11.7. The van der Waals surface area contributed by atoms with E-state index in [-0.39, 0.29) is 40.8 Å². The second-order valence-electron chi connectivity index (χ2n) is 5.33. The molecule has 1 radical (unpaired) electrons. The molecule has 0 bridgehead atoms. The molecule has 0 N–H and O–H groups in total. The summed E-state index contributed by atoms with van der Waals surface area (Å²) in [5.74, 6) is 0. The molecule has 0 aliphatic heterocycles. The van der Waals surface area contributed by atoms with E-state index in [1.165, 1.54) is 33.4 Å². The molecule has 2 aromatic carbocycles. The Labute approximate surface area is 152 Å². The van der Waals surface area contributed by atoms with Crippen LogP contribution < -0.4 is 0 Å². The number of hydrogen-bond acceptors (Lipinski definition) is 0. The smallest absolute Gasteiger partial charge is 0.358 e. The van der Waals surface area contributed by atoms with Crippen LogP contribution in [0.2, 0.25) is 0 Å². The van der Waals surface area contributed by atoms with Gasteiger partial charge in [0.1, 0.15) is 0 Å². The van der Waals surface area contributed by atoms with Crippen molar-refractivity contribution in [2.75, 3.05) is 0 Å². The molecular formula is C21H34V. The molecule has 0 amide bonds. The number of benzene rings is 2. The van der Waals surface area contributed by atoms with Crippen LogP contribution in [0.1, 0.15) is 40.8 Å². The predicted octanol–water partition coefficient (Wildman–Crippen LogP) is 6.76. The summed E-state index contributed by atoms with van der Waals surface area (Å²) in [6.45, 7) is 12.8. The Morgan fingerprint density at radius 2 is 0.500 bits per heavy atom. The van der Waals surface area contributed by atoms with Crippen molar-refractivity contribution in [3.63, 3.8) is 0 Å². The molecular weight excluding hydrogens is 303 g/mol. The summed E-state index contributed by atoms with van der Waals surface area (Å²) in [6, 6.07) is 13.1. The molecule has 0 spiro atoms. The van der Waals surface area contributed by atoms with Crippen LogP contribution in [0.4, 0.5) is 0 Å². The summed E-state index contributed by atoms with van der Waals surface area (Å²) < 4.78 is 0. The maximum absolute atomic E-state index is 2.19. The van der Waals surface area contributed by atoms with E-state index in [0.29, 0.717) is 0 Å². The van der Waals surface area contributed by atoms with Crippen molar-refractivity contribution in [2.24, 2.45) is 0 Å². The molecule has 0 atom stereocenters. The van der Waals surface area contributed by atoms with E-state index in [1.807, 2.05) is 0 Å². The maximum atomic E-state index is 2.19. The van der Waals surface area contributed by atoms with Crippen molar-refractivity contribution < 1.29 is 18.6 Å². The topological polar surface area (TPSA) is 0 Å². The Bertz CT molecular complexity index is 377. The molecule has 0 saturated carbocycles. The van der Waals surface area contributed by atoms with Crippen LogP contribution in [0.25, 0.3) is 0 Å². The van der Waals surface area contributed by atoms with Gasteiger partial charge in [-0.15, -0.1) is 0 Å². The van der Waals surface area contributed by atoms with E-state index >= 15 is 0 Å². The third-order valence-corrected chi connectivity index (χ3v) is 2.73. The van der Waals surface area contributed by atoms with Gasteiger partial charge in [-0.05, 0) is 41.5 Å². The van der Waals surface area contributed by atoms with E-state index < -0.39 is 0 Å². The van der Waals surface area contributed by atoms with Gasteiger partial charge < -0.3 is 14.9 Å². The predicted molar refractivity (Wildman–Crippen MR) is 101 cm³/mol. The van der Waals surface area contributed by atoms with Gasteiger partial charge in [-0.3, -0.25) is 0 Å². The van der Waals surface area contributed by atoms with Crippen LogP contribution in [0.15, 0.2) is 36.4 Å². The van der Waals surface area contributed by atoms with E-state index in [9.17, 15) is 0 Å². The molecule has 0 aliphatic rings. The fourth-order valence-corrected chi connectivity index (χ4v) is 2.40. The molecule has 0 saturated heterocycles. The van der Waals surface area contributed by atoms with E-state index in [2.05, 4.69) is 77.9 Å². The molecule has 2 rings (SSSR count). The molecule has 0 nitrogen and oxygen atoms in total. The quantitative estimate of drug-likeness (QED) is 0.466. The molecule has 1 heteroatoms. The van der Waals surface area contributed by atoms with Gasteiger partial charge in [0.25, 0.3) is 0 Å². The Morgan fingerprint density at radius 1 is 0.409 bits per heavy atom. The fraction of sp³-hybridized carbons (Fsp3) is 0.333. The van der Waals surface area contributed by atoms with Crippen molar-refractivity contribution in [1.82, 2.24) is 0 Å². The molecule has 123 valence electrons. The molecule has 0 fully saturated rings. The number of aryl methyl sites for hydroxylation is 6. The van der Waals surface area contributed by atoms with Crippen molar-refractivity contribution in [3.05, 3.63) is 84.6 Å². The second kappa shape index (κ2) is 13.7.